The summed E-state index contributed by atoms with van der Waals surface area (Å²) in [7, 11) is 2.07. The first-order valence-electron chi connectivity index (χ1n) is 9.70. The fourth-order valence-electron chi connectivity index (χ4n) is 4.52. The van der Waals surface area contributed by atoms with Crippen LogP contribution in [-0.2, 0) is 0 Å². The Labute approximate surface area is 168 Å². The third kappa shape index (κ3) is 3.09. The molecule has 1 unspecified atom stereocenters. The second-order valence-corrected chi connectivity index (χ2v) is 8.16. The molecular weight excluding hydrogens is 368 g/mol. The molecule has 0 aromatic carbocycles. The monoisotopic (exact) mass is 390 g/mol. The van der Waals surface area contributed by atoms with Gasteiger partial charge in [0.15, 0.2) is 0 Å². The minimum atomic E-state index is 0.0106. The van der Waals surface area contributed by atoms with Crippen LogP contribution in [0.1, 0.15) is 34.4 Å². The second-order valence-electron chi connectivity index (χ2n) is 8.16. The summed E-state index contributed by atoms with van der Waals surface area (Å²) >= 11 is 0. The summed E-state index contributed by atoms with van der Waals surface area (Å²) in [6, 6.07) is 7.60. The van der Waals surface area contributed by atoms with Crippen LogP contribution in [0.5, 0.6) is 0 Å². The molecule has 8 heteroatoms. The van der Waals surface area contributed by atoms with Crippen LogP contribution < -0.4 is 0 Å². The van der Waals surface area contributed by atoms with E-state index in [0.29, 0.717) is 17.4 Å². The van der Waals surface area contributed by atoms with Crippen molar-refractivity contribution in [1.29, 1.82) is 0 Å². The maximum absolute atomic E-state index is 12.8. The number of aryl methyl sites for hydroxylation is 1. The van der Waals surface area contributed by atoms with Crippen molar-refractivity contribution in [1.82, 2.24) is 29.9 Å². The van der Waals surface area contributed by atoms with Crippen molar-refractivity contribution < 1.29 is 9.32 Å². The first-order valence-corrected chi connectivity index (χ1v) is 9.70. The van der Waals surface area contributed by atoms with Gasteiger partial charge in [-0.15, -0.1) is 0 Å². The largest absolute Gasteiger partial charge is 0.337 e. The van der Waals surface area contributed by atoms with Crippen LogP contribution in [-0.4, -0.2) is 62.5 Å². The van der Waals surface area contributed by atoms with Crippen LogP contribution in [0.25, 0.3) is 11.4 Å². The first kappa shape index (κ1) is 17.9. The van der Waals surface area contributed by atoms with Crippen molar-refractivity contribution >= 4 is 5.91 Å². The van der Waals surface area contributed by atoms with E-state index in [1.807, 2.05) is 36.1 Å². The van der Waals surface area contributed by atoms with Gasteiger partial charge in [0.1, 0.15) is 5.69 Å². The highest BCUT2D eigenvalue weighted by Gasteiger charge is 2.53. The molecule has 5 rings (SSSR count). The zero-order valence-corrected chi connectivity index (χ0v) is 16.4. The smallest absolute Gasteiger partial charge is 0.272 e. The number of hydrogen-bond donors (Lipinski definition) is 0. The molecule has 0 N–H and O–H groups in total. The lowest BCUT2D eigenvalue weighted by Gasteiger charge is -2.48. The number of aromatic nitrogens is 4. The van der Waals surface area contributed by atoms with Crippen molar-refractivity contribution in [3.05, 3.63) is 60.0 Å². The maximum atomic E-state index is 12.8. The minimum Gasteiger partial charge on any atom is -0.337 e. The van der Waals surface area contributed by atoms with E-state index >= 15 is 0 Å². The summed E-state index contributed by atoms with van der Waals surface area (Å²) < 4.78 is 5.57. The van der Waals surface area contributed by atoms with Gasteiger partial charge >= 0.3 is 0 Å². The summed E-state index contributed by atoms with van der Waals surface area (Å²) in [5.74, 6) is 1.18. The number of rotatable bonds is 3. The third-order valence-electron chi connectivity index (χ3n) is 5.94. The van der Waals surface area contributed by atoms with Crippen LogP contribution in [0, 0.1) is 12.3 Å². The molecule has 2 aliphatic rings. The Balaban J connectivity index is 1.28. The van der Waals surface area contributed by atoms with E-state index < -0.39 is 0 Å². The van der Waals surface area contributed by atoms with Crippen molar-refractivity contribution in [2.45, 2.75) is 19.4 Å². The van der Waals surface area contributed by atoms with Gasteiger partial charge in [-0.3, -0.25) is 19.7 Å². The number of hydrogen-bond acceptors (Lipinski definition) is 7. The van der Waals surface area contributed by atoms with Crippen LogP contribution >= 0.6 is 0 Å². The fraction of sp³-hybridized carbons (Fsp3) is 0.381. The SMILES string of the molecule is Cc1cccnc1C(=O)N1CC2(CC(c3nc(-c4cccnc4)no3)N(C)C2)C1. The lowest BCUT2D eigenvalue weighted by molar-refractivity contribution is 0.0109. The summed E-state index contributed by atoms with van der Waals surface area (Å²) in [5.41, 5.74) is 2.36. The van der Waals surface area contributed by atoms with Gasteiger partial charge < -0.3 is 9.42 Å². The molecule has 29 heavy (non-hydrogen) atoms. The molecule has 0 radical (unpaired) electrons. The molecular formula is C21H22N6O2. The maximum Gasteiger partial charge on any atom is 0.272 e. The third-order valence-corrected chi connectivity index (χ3v) is 5.94. The lowest BCUT2D eigenvalue weighted by Crippen LogP contribution is -2.59. The van der Waals surface area contributed by atoms with Crippen LogP contribution in [0.15, 0.2) is 47.4 Å². The van der Waals surface area contributed by atoms with E-state index in [0.717, 1.165) is 37.2 Å². The second kappa shape index (κ2) is 6.73. The molecule has 3 aromatic rings. The van der Waals surface area contributed by atoms with Crippen molar-refractivity contribution in [3.8, 4) is 11.4 Å². The van der Waals surface area contributed by atoms with Gasteiger partial charge in [-0.2, -0.15) is 4.98 Å². The highest BCUT2D eigenvalue weighted by Crippen LogP contribution is 2.47. The Morgan fingerprint density at radius 1 is 1.21 bits per heavy atom. The molecule has 1 spiro atoms. The summed E-state index contributed by atoms with van der Waals surface area (Å²) in [6.45, 7) is 4.27. The molecule has 2 aliphatic heterocycles. The molecule has 1 amide bonds. The van der Waals surface area contributed by atoms with Gasteiger partial charge in [-0.1, -0.05) is 11.2 Å². The van der Waals surface area contributed by atoms with Crippen molar-refractivity contribution in [2.24, 2.45) is 5.41 Å². The summed E-state index contributed by atoms with van der Waals surface area (Å²) in [6.07, 6.45) is 6.01. The predicted molar refractivity (Wildman–Crippen MR) is 105 cm³/mol. The van der Waals surface area contributed by atoms with E-state index in [-0.39, 0.29) is 17.4 Å². The average molecular weight is 390 g/mol. The van der Waals surface area contributed by atoms with Gasteiger partial charge in [0.25, 0.3) is 5.91 Å². The highest BCUT2D eigenvalue weighted by atomic mass is 16.5. The van der Waals surface area contributed by atoms with E-state index in [2.05, 4.69) is 32.1 Å². The predicted octanol–water partition coefficient (Wildman–Crippen LogP) is 2.35. The van der Waals surface area contributed by atoms with Gasteiger partial charge in [0.05, 0.1) is 6.04 Å². The van der Waals surface area contributed by atoms with Gasteiger partial charge in [-0.05, 0) is 44.2 Å². The Kier molecular flexibility index (Phi) is 4.16. The number of nitrogens with zero attached hydrogens (tertiary/aromatic N) is 6. The van der Waals surface area contributed by atoms with Crippen molar-refractivity contribution in [2.75, 3.05) is 26.7 Å². The van der Waals surface area contributed by atoms with E-state index in [9.17, 15) is 4.79 Å². The summed E-state index contributed by atoms with van der Waals surface area (Å²) in [5, 5.41) is 4.12. The summed E-state index contributed by atoms with van der Waals surface area (Å²) in [4.78, 5) is 29.9. The van der Waals surface area contributed by atoms with Gasteiger partial charge in [0.2, 0.25) is 11.7 Å². The number of amides is 1. The highest BCUT2D eigenvalue weighted by molar-refractivity contribution is 5.94. The number of pyridine rings is 2. The Morgan fingerprint density at radius 2 is 2.03 bits per heavy atom. The minimum absolute atomic E-state index is 0.0106. The Morgan fingerprint density at radius 3 is 2.79 bits per heavy atom. The first-order chi connectivity index (χ1) is 14.0. The molecule has 5 heterocycles. The molecule has 0 aliphatic carbocycles. The number of carbonyl (C=O) groups excluding carboxylic acids is 1. The molecule has 0 saturated carbocycles. The Bertz CT molecular complexity index is 1040. The zero-order chi connectivity index (χ0) is 20.0. The van der Waals surface area contributed by atoms with Crippen LogP contribution in [0.3, 0.4) is 0 Å². The van der Waals surface area contributed by atoms with Crippen LogP contribution in [0.2, 0.25) is 0 Å². The molecule has 8 nitrogen and oxygen atoms in total. The standard InChI is InChI=1S/C21H22N6O2/c1-14-5-3-8-23-17(14)20(28)27-12-21(13-27)9-16(26(2)11-21)19-24-18(25-29-19)15-6-4-7-22-10-15/h3-8,10,16H,9,11-13H2,1-2H3. The quantitative estimate of drug-likeness (QED) is 0.678. The van der Waals surface area contributed by atoms with Crippen LogP contribution in [0.4, 0.5) is 0 Å². The number of likely N-dealkylation sites (tertiary alicyclic amines) is 2. The van der Waals surface area contributed by atoms with Crippen molar-refractivity contribution in [3.63, 3.8) is 0 Å². The number of carbonyl (C=O) groups is 1. The van der Waals surface area contributed by atoms with E-state index in [1.54, 1.807) is 18.6 Å². The zero-order valence-electron chi connectivity index (χ0n) is 16.4. The Hall–Kier alpha value is -3.13. The van der Waals surface area contributed by atoms with E-state index in [1.165, 1.54) is 0 Å². The van der Waals surface area contributed by atoms with Gasteiger partial charge in [0, 0.05) is 49.2 Å². The molecule has 148 valence electrons. The lowest BCUT2D eigenvalue weighted by atomic mass is 9.77. The molecule has 0 bridgehead atoms. The van der Waals surface area contributed by atoms with E-state index in [4.69, 9.17) is 4.52 Å². The molecule has 1 atom stereocenters. The molecule has 3 aromatic heterocycles. The average Bonchev–Trinajstić information content (AvgIpc) is 3.32. The fourth-order valence-corrected chi connectivity index (χ4v) is 4.52. The topological polar surface area (TPSA) is 88.2 Å². The van der Waals surface area contributed by atoms with Gasteiger partial charge in [-0.25, -0.2) is 0 Å². The molecule has 2 saturated heterocycles. The molecule has 2 fully saturated rings. The normalized spacial score (nSPS) is 20.8.